The Bertz CT molecular complexity index is 330. The molecule has 1 N–H and O–H groups in total. The molecule has 0 amide bonds. The Morgan fingerprint density at radius 3 is 2.58 bits per heavy atom. The number of hydrogen-bond acceptors (Lipinski definition) is 3. The van der Waals surface area contributed by atoms with Gasteiger partial charge in [-0.2, -0.15) is 0 Å². The van der Waals surface area contributed by atoms with E-state index in [0.717, 1.165) is 5.56 Å². The molecule has 1 aromatic carbocycles. The van der Waals surface area contributed by atoms with Crippen molar-refractivity contribution in [3.63, 3.8) is 0 Å². The first-order valence-electron chi connectivity index (χ1n) is 3.62. The summed E-state index contributed by atoms with van der Waals surface area (Å²) in [6.45, 7) is 3.58. The molecule has 1 aliphatic rings. The molecular formula is C9H8N2O. The largest absolute Gasteiger partial charge is 0.420 e. The molecule has 12 heavy (non-hydrogen) atoms. The molecule has 0 atom stereocenters. The van der Waals surface area contributed by atoms with E-state index in [0.29, 0.717) is 11.8 Å². The van der Waals surface area contributed by atoms with E-state index < -0.39 is 0 Å². The monoisotopic (exact) mass is 160 g/mol. The summed E-state index contributed by atoms with van der Waals surface area (Å²) in [6, 6.07) is 9.67. The number of ether oxygens (including phenoxy) is 1. The number of hydrazone groups is 1. The SMILES string of the molecule is C=C1NN=C(c2ccccc2)O1. The third kappa shape index (κ3) is 1.16. The van der Waals surface area contributed by atoms with E-state index in [-0.39, 0.29) is 0 Å². The lowest BCUT2D eigenvalue weighted by atomic mass is 10.2. The van der Waals surface area contributed by atoms with Crippen molar-refractivity contribution in [2.75, 3.05) is 0 Å². The molecule has 0 unspecified atom stereocenters. The summed E-state index contributed by atoms with van der Waals surface area (Å²) < 4.78 is 5.19. The van der Waals surface area contributed by atoms with Crippen LogP contribution in [0.2, 0.25) is 0 Å². The zero-order chi connectivity index (χ0) is 8.39. The fraction of sp³-hybridized carbons (Fsp3) is 0. The molecule has 1 aliphatic heterocycles. The molecule has 0 saturated heterocycles. The lowest BCUT2D eigenvalue weighted by Gasteiger charge is -1.98. The van der Waals surface area contributed by atoms with Gasteiger partial charge in [0.25, 0.3) is 0 Å². The van der Waals surface area contributed by atoms with Gasteiger partial charge in [0.15, 0.2) is 0 Å². The van der Waals surface area contributed by atoms with Crippen molar-refractivity contribution in [2.45, 2.75) is 0 Å². The van der Waals surface area contributed by atoms with Crippen molar-refractivity contribution in [3.8, 4) is 0 Å². The maximum Gasteiger partial charge on any atom is 0.245 e. The number of benzene rings is 1. The molecule has 0 fully saturated rings. The van der Waals surface area contributed by atoms with Gasteiger partial charge in [-0.25, -0.2) is 5.43 Å². The average Bonchev–Trinajstić information content (AvgIpc) is 2.54. The predicted octanol–water partition coefficient (Wildman–Crippen LogP) is 1.44. The van der Waals surface area contributed by atoms with Crippen molar-refractivity contribution >= 4 is 5.90 Å². The van der Waals surface area contributed by atoms with Crippen LogP contribution in [-0.4, -0.2) is 5.90 Å². The Morgan fingerprint density at radius 2 is 2.00 bits per heavy atom. The van der Waals surface area contributed by atoms with Crippen LogP contribution in [0.15, 0.2) is 47.9 Å². The smallest absolute Gasteiger partial charge is 0.245 e. The molecule has 1 heterocycles. The van der Waals surface area contributed by atoms with Crippen molar-refractivity contribution in [2.24, 2.45) is 5.10 Å². The van der Waals surface area contributed by atoms with E-state index in [2.05, 4.69) is 17.1 Å². The lowest BCUT2D eigenvalue weighted by molar-refractivity contribution is 0.420. The Hall–Kier alpha value is -1.77. The van der Waals surface area contributed by atoms with Crippen LogP contribution in [-0.2, 0) is 4.74 Å². The Kier molecular flexibility index (Phi) is 1.55. The third-order valence-electron chi connectivity index (χ3n) is 1.52. The summed E-state index contributed by atoms with van der Waals surface area (Å²) in [5.41, 5.74) is 3.59. The van der Waals surface area contributed by atoms with Crippen molar-refractivity contribution in [3.05, 3.63) is 48.4 Å². The first kappa shape index (κ1) is 6.91. The number of nitrogens with zero attached hydrogens (tertiary/aromatic N) is 1. The highest BCUT2D eigenvalue weighted by Crippen LogP contribution is 2.08. The molecule has 3 heteroatoms. The number of hydrogen-bond donors (Lipinski definition) is 1. The van der Waals surface area contributed by atoms with E-state index in [1.54, 1.807) is 0 Å². The van der Waals surface area contributed by atoms with Gasteiger partial charge in [0.1, 0.15) is 0 Å². The predicted molar refractivity (Wildman–Crippen MR) is 46.3 cm³/mol. The summed E-state index contributed by atoms with van der Waals surface area (Å²) >= 11 is 0. The van der Waals surface area contributed by atoms with Crippen LogP contribution in [0.1, 0.15) is 5.56 Å². The van der Waals surface area contributed by atoms with Crippen LogP contribution in [0.3, 0.4) is 0 Å². The van der Waals surface area contributed by atoms with Gasteiger partial charge in [-0.1, -0.05) is 18.2 Å². The summed E-state index contributed by atoms with van der Waals surface area (Å²) in [5.74, 6) is 1.04. The van der Waals surface area contributed by atoms with Gasteiger partial charge in [0, 0.05) is 5.56 Å². The van der Waals surface area contributed by atoms with Crippen molar-refractivity contribution < 1.29 is 4.74 Å². The third-order valence-corrected chi connectivity index (χ3v) is 1.52. The standard InChI is InChI=1S/C9H8N2O/c1-7-10-11-9(12-7)8-5-3-2-4-6-8/h2-6,10H,1H2. The Labute approximate surface area is 70.4 Å². The second-order valence-corrected chi connectivity index (χ2v) is 2.42. The first-order valence-corrected chi connectivity index (χ1v) is 3.62. The van der Waals surface area contributed by atoms with Gasteiger partial charge in [-0.3, -0.25) is 0 Å². The fourth-order valence-corrected chi connectivity index (χ4v) is 0.980. The minimum atomic E-state index is 0.467. The van der Waals surface area contributed by atoms with Crippen LogP contribution in [0, 0.1) is 0 Å². The van der Waals surface area contributed by atoms with Crippen LogP contribution >= 0.6 is 0 Å². The van der Waals surface area contributed by atoms with Crippen molar-refractivity contribution in [1.29, 1.82) is 0 Å². The molecule has 1 aromatic rings. The zero-order valence-electron chi connectivity index (χ0n) is 6.45. The molecule has 60 valence electrons. The van der Waals surface area contributed by atoms with E-state index in [4.69, 9.17) is 4.74 Å². The molecule has 0 spiro atoms. The molecule has 0 radical (unpaired) electrons. The van der Waals surface area contributed by atoms with Gasteiger partial charge in [0.2, 0.25) is 11.8 Å². The van der Waals surface area contributed by atoms with E-state index in [1.807, 2.05) is 30.3 Å². The quantitative estimate of drug-likeness (QED) is 0.674. The second-order valence-electron chi connectivity index (χ2n) is 2.42. The summed E-state index contributed by atoms with van der Waals surface area (Å²) in [5, 5.41) is 3.93. The zero-order valence-corrected chi connectivity index (χ0v) is 6.45. The average molecular weight is 160 g/mol. The molecule has 2 rings (SSSR count). The van der Waals surface area contributed by atoms with Crippen LogP contribution < -0.4 is 5.43 Å². The minimum absolute atomic E-state index is 0.467. The highest BCUT2D eigenvalue weighted by molar-refractivity contribution is 5.95. The van der Waals surface area contributed by atoms with Gasteiger partial charge >= 0.3 is 0 Å². The van der Waals surface area contributed by atoms with Crippen LogP contribution in [0.25, 0.3) is 0 Å². The van der Waals surface area contributed by atoms with E-state index >= 15 is 0 Å². The minimum Gasteiger partial charge on any atom is -0.420 e. The lowest BCUT2D eigenvalue weighted by Crippen LogP contribution is -1.99. The molecule has 0 bridgehead atoms. The maximum atomic E-state index is 5.19. The number of rotatable bonds is 1. The highest BCUT2D eigenvalue weighted by Gasteiger charge is 2.11. The van der Waals surface area contributed by atoms with Gasteiger partial charge in [0.05, 0.1) is 0 Å². The molecule has 3 nitrogen and oxygen atoms in total. The van der Waals surface area contributed by atoms with Gasteiger partial charge < -0.3 is 4.74 Å². The van der Waals surface area contributed by atoms with E-state index in [9.17, 15) is 0 Å². The van der Waals surface area contributed by atoms with Crippen LogP contribution in [0.4, 0.5) is 0 Å². The van der Waals surface area contributed by atoms with E-state index in [1.165, 1.54) is 0 Å². The highest BCUT2D eigenvalue weighted by atomic mass is 16.5. The maximum absolute atomic E-state index is 5.19. The summed E-state index contributed by atoms with van der Waals surface area (Å²) in [7, 11) is 0. The Morgan fingerprint density at radius 1 is 1.25 bits per heavy atom. The topological polar surface area (TPSA) is 33.6 Å². The summed E-state index contributed by atoms with van der Waals surface area (Å²) in [6.07, 6.45) is 0. The first-order chi connectivity index (χ1) is 5.86. The van der Waals surface area contributed by atoms with Crippen molar-refractivity contribution in [1.82, 2.24) is 5.43 Å². The normalized spacial score (nSPS) is 15.0. The molecule has 0 aromatic heterocycles. The van der Waals surface area contributed by atoms with Gasteiger partial charge in [-0.15, -0.1) is 5.10 Å². The van der Waals surface area contributed by atoms with Crippen LogP contribution in [0.5, 0.6) is 0 Å². The Balaban J connectivity index is 2.28. The molecule has 0 aliphatic carbocycles. The fourth-order valence-electron chi connectivity index (χ4n) is 0.980. The number of nitrogens with one attached hydrogen (secondary N) is 1. The second kappa shape index (κ2) is 2.70. The molecule has 0 saturated carbocycles. The molecular weight excluding hydrogens is 152 g/mol. The van der Waals surface area contributed by atoms with Gasteiger partial charge in [-0.05, 0) is 18.7 Å². The summed E-state index contributed by atoms with van der Waals surface area (Å²) in [4.78, 5) is 0.